The van der Waals surface area contributed by atoms with E-state index in [2.05, 4.69) is 68.9 Å². The maximum absolute atomic E-state index is 12.4. The number of pyridine rings is 1. The summed E-state index contributed by atoms with van der Waals surface area (Å²) < 4.78 is 0. The van der Waals surface area contributed by atoms with E-state index in [1.54, 1.807) is 18.0 Å². The van der Waals surface area contributed by atoms with Crippen molar-refractivity contribution in [3.8, 4) is 11.1 Å². The van der Waals surface area contributed by atoms with Crippen molar-refractivity contribution in [1.29, 1.82) is 0 Å². The molecule has 1 amide bonds. The Morgan fingerprint density at radius 3 is 2.23 bits per heavy atom. The van der Waals surface area contributed by atoms with Crippen LogP contribution in [0.3, 0.4) is 0 Å². The van der Waals surface area contributed by atoms with E-state index in [0.717, 1.165) is 45.2 Å². The second kappa shape index (κ2) is 10.4. The lowest BCUT2D eigenvalue weighted by Crippen LogP contribution is -2.44. The first-order chi connectivity index (χ1) is 16.3. The molecule has 0 spiro atoms. The molecule has 0 saturated heterocycles. The van der Waals surface area contributed by atoms with E-state index in [0.29, 0.717) is 5.75 Å². The van der Waals surface area contributed by atoms with Crippen LogP contribution in [-0.4, -0.2) is 36.6 Å². The minimum absolute atomic E-state index is 0.00103. The van der Waals surface area contributed by atoms with Crippen molar-refractivity contribution in [2.24, 2.45) is 5.41 Å². The molecule has 2 N–H and O–H groups in total. The molecule has 0 bridgehead atoms. The number of carbonyl (C=O) groups is 1. The molecule has 0 saturated carbocycles. The number of benzene rings is 1. The maximum atomic E-state index is 12.4. The molecular formula is C28H38N4O2S. The quantitative estimate of drug-likeness (QED) is 0.338. The second-order valence-corrected chi connectivity index (χ2v) is 12.3. The first-order valence-corrected chi connectivity index (χ1v) is 13.0. The van der Waals surface area contributed by atoms with Gasteiger partial charge in [-0.2, -0.15) is 0 Å². The van der Waals surface area contributed by atoms with Crippen LogP contribution in [-0.2, 0) is 18.7 Å². The molecule has 0 radical (unpaired) electrons. The molecule has 35 heavy (non-hydrogen) atoms. The van der Waals surface area contributed by atoms with Crippen molar-refractivity contribution in [2.75, 3.05) is 0 Å². The number of carboxylic acid groups (broad SMARTS) is 1. The van der Waals surface area contributed by atoms with Crippen molar-refractivity contribution >= 4 is 17.9 Å². The fourth-order valence-corrected chi connectivity index (χ4v) is 5.05. The van der Waals surface area contributed by atoms with Crippen LogP contribution < -0.4 is 0 Å². The van der Waals surface area contributed by atoms with Crippen LogP contribution in [0.2, 0.25) is 0 Å². The van der Waals surface area contributed by atoms with Gasteiger partial charge in [-0.05, 0) is 63.1 Å². The summed E-state index contributed by atoms with van der Waals surface area (Å²) in [5.41, 5.74) is 6.84. The average molecular weight is 495 g/mol. The lowest BCUT2D eigenvalue weighted by atomic mass is 9.84. The van der Waals surface area contributed by atoms with Crippen molar-refractivity contribution in [2.45, 2.75) is 84.8 Å². The van der Waals surface area contributed by atoms with Crippen LogP contribution in [0, 0.1) is 19.3 Å². The molecule has 3 rings (SSSR count). The number of hydrogen-bond acceptors (Lipinski definition) is 4. The first kappa shape index (κ1) is 26.8. The fourth-order valence-electron chi connectivity index (χ4n) is 4.13. The van der Waals surface area contributed by atoms with Crippen LogP contribution >= 0.6 is 11.8 Å². The van der Waals surface area contributed by atoms with Gasteiger partial charge in [0.05, 0.1) is 6.54 Å². The van der Waals surface area contributed by atoms with E-state index < -0.39 is 11.6 Å². The van der Waals surface area contributed by atoms with Gasteiger partial charge in [0.15, 0.2) is 5.16 Å². The molecule has 7 heteroatoms. The normalized spacial score (nSPS) is 12.1. The highest BCUT2D eigenvalue weighted by Crippen LogP contribution is 2.38. The van der Waals surface area contributed by atoms with Crippen LogP contribution in [0.25, 0.3) is 11.1 Å². The van der Waals surface area contributed by atoms with E-state index in [9.17, 15) is 9.90 Å². The molecule has 0 aliphatic rings. The summed E-state index contributed by atoms with van der Waals surface area (Å²) in [6.45, 7) is 16.8. The van der Waals surface area contributed by atoms with E-state index in [4.69, 9.17) is 4.98 Å². The number of thioether (sulfide) groups is 1. The van der Waals surface area contributed by atoms with Gasteiger partial charge >= 0.3 is 6.09 Å². The summed E-state index contributed by atoms with van der Waals surface area (Å²) >= 11 is 1.63. The summed E-state index contributed by atoms with van der Waals surface area (Å²) in [4.78, 5) is 26.5. The van der Waals surface area contributed by atoms with E-state index in [1.165, 1.54) is 10.5 Å². The van der Waals surface area contributed by atoms with Crippen molar-refractivity contribution in [3.63, 3.8) is 0 Å². The van der Waals surface area contributed by atoms with Crippen LogP contribution in [0.1, 0.15) is 69.6 Å². The van der Waals surface area contributed by atoms with Crippen molar-refractivity contribution < 1.29 is 9.90 Å². The van der Waals surface area contributed by atoms with Gasteiger partial charge in [0.2, 0.25) is 0 Å². The Morgan fingerprint density at radius 1 is 1.06 bits per heavy atom. The number of aromatic amines is 1. The Bertz CT molecular complexity index is 1160. The summed E-state index contributed by atoms with van der Waals surface area (Å²) in [7, 11) is 0. The number of aryl methyl sites for hydroxylation is 2. The first-order valence-electron chi connectivity index (χ1n) is 12.0. The minimum atomic E-state index is -0.929. The van der Waals surface area contributed by atoms with E-state index >= 15 is 0 Å². The molecule has 0 unspecified atom stereocenters. The largest absolute Gasteiger partial charge is 0.465 e. The molecule has 6 nitrogen and oxygen atoms in total. The predicted molar refractivity (Wildman–Crippen MR) is 144 cm³/mol. The van der Waals surface area contributed by atoms with Crippen molar-refractivity contribution in [1.82, 2.24) is 19.9 Å². The highest BCUT2D eigenvalue weighted by Gasteiger charge is 2.30. The number of amides is 1. The molecule has 1 aromatic carbocycles. The SMILES string of the molecule is Cc1ccc(-c2c(CSc3ncc[nH]3)c(C)nc(CC(C)(C)C)c2CN(C(=O)O)C(C)(C)C)cc1. The molecule has 3 aromatic rings. The number of aromatic nitrogens is 3. The van der Waals surface area contributed by atoms with Gasteiger partial charge in [0.25, 0.3) is 0 Å². The van der Waals surface area contributed by atoms with Crippen LogP contribution in [0.15, 0.2) is 41.8 Å². The summed E-state index contributed by atoms with van der Waals surface area (Å²) in [6.07, 6.45) is 3.40. The van der Waals surface area contributed by atoms with Gasteiger partial charge in [0.1, 0.15) is 0 Å². The second-order valence-electron chi connectivity index (χ2n) is 11.3. The average Bonchev–Trinajstić information content (AvgIpc) is 3.24. The van der Waals surface area contributed by atoms with Crippen LogP contribution in [0.4, 0.5) is 4.79 Å². The summed E-state index contributed by atoms with van der Waals surface area (Å²) in [6, 6.07) is 8.50. The minimum Gasteiger partial charge on any atom is -0.465 e. The number of imidazole rings is 1. The topological polar surface area (TPSA) is 82.1 Å². The standard InChI is InChI=1S/C28H38N4O2S/c1-18-9-11-20(12-10-18)24-21(16-32(26(33)34)28(6,7)8)23(15-27(3,4)5)31-19(2)22(24)17-35-25-29-13-14-30-25/h9-14H,15-17H2,1-8H3,(H,29,30)(H,33,34). The molecular weight excluding hydrogens is 456 g/mol. The Kier molecular flexibility index (Phi) is 8.00. The third kappa shape index (κ3) is 6.88. The summed E-state index contributed by atoms with van der Waals surface area (Å²) in [5.74, 6) is 0.681. The lowest BCUT2D eigenvalue weighted by Gasteiger charge is -2.35. The number of rotatable bonds is 7. The van der Waals surface area contributed by atoms with Gasteiger partial charge in [-0.25, -0.2) is 9.78 Å². The zero-order valence-corrected chi connectivity index (χ0v) is 23.0. The Labute approximate surface area is 213 Å². The third-order valence-electron chi connectivity index (χ3n) is 5.91. The number of nitrogens with one attached hydrogen (secondary N) is 1. The molecule has 0 atom stereocenters. The molecule has 188 valence electrons. The Morgan fingerprint density at radius 2 is 1.71 bits per heavy atom. The predicted octanol–water partition coefficient (Wildman–Crippen LogP) is 7.25. The van der Waals surface area contributed by atoms with Gasteiger partial charge in [-0.1, -0.05) is 62.4 Å². The monoisotopic (exact) mass is 494 g/mol. The highest BCUT2D eigenvalue weighted by atomic mass is 32.2. The van der Waals surface area contributed by atoms with Gasteiger partial charge in [-0.3, -0.25) is 9.88 Å². The Hall–Kier alpha value is -2.80. The van der Waals surface area contributed by atoms with Crippen LogP contribution in [0.5, 0.6) is 0 Å². The maximum Gasteiger partial charge on any atom is 0.408 e. The highest BCUT2D eigenvalue weighted by molar-refractivity contribution is 7.98. The number of H-pyrrole nitrogens is 1. The van der Waals surface area contributed by atoms with E-state index in [-0.39, 0.29) is 12.0 Å². The van der Waals surface area contributed by atoms with Gasteiger partial charge in [0, 0.05) is 40.6 Å². The van der Waals surface area contributed by atoms with Gasteiger partial charge < -0.3 is 10.1 Å². The van der Waals surface area contributed by atoms with Crippen molar-refractivity contribution in [3.05, 3.63) is 64.7 Å². The van der Waals surface area contributed by atoms with Gasteiger partial charge in [-0.15, -0.1) is 0 Å². The van der Waals surface area contributed by atoms with E-state index in [1.807, 2.05) is 27.0 Å². The zero-order chi connectivity index (χ0) is 26.0. The number of hydrogen-bond donors (Lipinski definition) is 2. The molecule has 2 heterocycles. The number of nitrogens with zero attached hydrogens (tertiary/aromatic N) is 3. The molecule has 2 aromatic heterocycles. The summed E-state index contributed by atoms with van der Waals surface area (Å²) in [5, 5.41) is 11.0. The lowest BCUT2D eigenvalue weighted by molar-refractivity contribution is 0.0953. The Balaban J connectivity index is 2.28. The smallest absolute Gasteiger partial charge is 0.408 e. The third-order valence-corrected chi connectivity index (χ3v) is 6.84. The fraction of sp³-hybridized carbons (Fsp3) is 0.464. The molecule has 0 aliphatic heterocycles. The molecule has 0 fully saturated rings. The molecule has 0 aliphatic carbocycles. The zero-order valence-electron chi connectivity index (χ0n) is 22.2.